The number of rotatable bonds is 2. The van der Waals surface area contributed by atoms with E-state index in [1.165, 1.54) is 19.3 Å². The van der Waals surface area contributed by atoms with E-state index >= 15 is 0 Å². The average molecular weight is 238 g/mol. The van der Waals surface area contributed by atoms with Gasteiger partial charge in [-0.15, -0.1) is 0 Å². The van der Waals surface area contributed by atoms with Crippen molar-refractivity contribution in [2.45, 2.75) is 52.0 Å². The summed E-state index contributed by atoms with van der Waals surface area (Å²) >= 11 is 0. The average Bonchev–Trinajstić information content (AvgIpc) is 2.74. The lowest BCUT2D eigenvalue weighted by molar-refractivity contribution is -0.141. The fourth-order valence-electron chi connectivity index (χ4n) is 3.61. The number of carbonyl (C=O) groups excluding carboxylic acids is 1. The van der Waals surface area contributed by atoms with E-state index in [0.717, 1.165) is 19.4 Å². The molecule has 98 valence electrons. The van der Waals surface area contributed by atoms with Crippen LogP contribution in [-0.2, 0) is 4.79 Å². The van der Waals surface area contributed by atoms with Crippen molar-refractivity contribution in [1.82, 2.24) is 4.90 Å². The van der Waals surface area contributed by atoms with Gasteiger partial charge in [-0.05, 0) is 37.5 Å². The van der Waals surface area contributed by atoms with Gasteiger partial charge in [0.1, 0.15) is 0 Å². The molecular weight excluding hydrogens is 212 g/mol. The lowest BCUT2D eigenvalue weighted by Gasteiger charge is -2.41. The minimum absolute atomic E-state index is 0.273. The van der Waals surface area contributed by atoms with Crippen molar-refractivity contribution in [1.29, 1.82) is 0 Å². The van der Waals surface area contributed by atoms with Crippen molar-refractivity contribution in [3.8, 4) is 0 Å². The lowest BCUT2D eigenvalue weighted by atomic mass is 9.88. The van der Waals surface area contributed by atoms with E-state index < -0.39 is 0 Å². The van der Waals surface area contributed by atoms with Crippen LogP contribution in [0.3, 0.4) is 0 Å². The molecule has 0 aromatic carbocycles. The van der Waals surface area contributed by atoms with Crippen LogP contribution in [0.25, 0.3) is 0 Å². The fourth-order valence-corrected chi connectivity index (χ4v) is 3.61. The molecule has 0 aromatic heterocycles. The van der Waals surface area contributed by atoms with Crippen LogP contribution in [0.5, 0.6) is 0 Å². The van der Waals surface area contributed by atoms with Crippen molar-refractivity contribution < 1.29 is 4.79 Å². The molecule has 2 N–H and O–H groups in total. The second-order valence-corrected chi connectivity index (χ2v) is 5.97. The third-order valence-electron chi connectivity index (χ3n) is 4.82. The number of nitrogens with zero attached hydrogens (tertiary/aromatic N) is 1. The smallest absolute Gasteiger partial charge is 0.226 e. The van der Waals surface area contributed by atoms with Crippen molar-refractivity contribution >= 4 is 5.91 Å². The Labute approximate surface area is 105 Å². The van der Waals surface area contributed by atoms with Crippen molar-refractivity contribution in [2.75, 3.05) is 13.1 Å². The minimum Gasteiger partial charge on any atom is -0.338 e. The molecular formula is C14H26N2O. The summed E-state index contributed by atoms with van der Waals surface area (Å²) in [5.41, 5.74) is 5.86. The molecule has 1 aliphatic carbocycles. The summed E-state index contributed by atoms with van der Waals surface area (Å²) in [5, 5.41) is 0. The molecule has 2 aliphatic rings. The molecule has 1 saturated carbocycles. The second-order valence-electron chi connectivity index (χ2n) is 5.97. The Hall–Kier alpha value is -0.570. The Balaban J connectivity index is 2.06. The highest BCUT2D eigenvalue weighted by molar-refractivity contribution is 5.80. The number of likely N-dealkylation sites (tertiary alicyclic amines) is 1. The monoisotopic (exact) mass is 238 g/mol. The third kappa shape index (κ3) is 2.49. The van der Waals surface area contributed by atoms with E-state index in [-0.39, 0.29) is 12.0 Å². The Morgan fingerprint density at radius 2 is 1.88 bits per heavy atom. The van der Waals surface area contributed by atoms with Crippen LogP contribution in [0.15, 0.2) is 0 Å². The first kappa shape index (κ1) is 12.9. The lowest BCUT2D eigenvalue weighted by Crippen LogP contribution is -2.53. The summed E-state index contributed by atoms with van der Waals surface area (Å²) in [6.07, 6.45) is 5.87. The van der Waals surface area contributed by atoms with Crippen molar-refractivity contribution in [2.24, 2.45) is 23.5 Å². The third-order valence-corrected chi connectivity index (χ3v) is 4.82. The highest BCUT2D eigenvalue weighted by Crippen LogP contribution is 2.34. The van der Waals surface area contributed by atoms with Gasteiger partial charge in [-0.2, -0.15) is 0 Å². The molecule has 3 heteroatoms. The molecule has 0 aromatic rings. The maximum absolute atomic E-state index is 12.6. The van der Waals surface area contributed by atoms with Crippen LogP contribution < -0.4 is 5.73 Å². The Morgan fingerprint density at radius 1 is 1.18 bits per heavy atom. The van der Waals surface area contributed by atoms with Crippen LogP contribution in [0, 0.1) is 17.8 Å². The summed E-state index contributed by atoms with van der Waals surface area (Å²) < 4.78 is 0. The van der Waals surface area contributed by atoms with Gasteiger partial charge in [0.15, 0.2) is 0 Å². The predicted octanol–water partition coefficient (Wildman–Crippen LogP) is 2.01. The number of amides is 1. The number of hydrogen-bond donors (Lipinski definition) is 1. The molecule has 1 amide bonds. The molecule has 0 bridgehead atoms. The molecule has 2 rings (SSSR count). The SMILES string of the molecule is CC1CCCC1C(=O)N1CCCC(C)C1CN. The van der Waals surface area contributed by atoms with Crippen LogP contribution in [0.2, 0.25) is 0 Å². The molecule has 3 nitrogen and oxygen atoms in total. The molecule has 4 unspecified atom stereocenters. The molecule has 17 heavy (non-hydrogen) atoms. The van der Waals surface area contributed by atoms with Gasteiger partial charge in [-0.1, -0.05) is 20.3 Å². The molecule has 1 saturated heterocycles. The highest BCUT2D eigenvalue weighted by atomic mass is 16.2. The standard InChI is InChI=1S/C14H26N2O/c1-10-5-3-7-12(10)14(17)16-8-4-6-11(2)13(16)9-15/h10-13H,3-9,15H2,1-2H3. The van der Waals surface area contributed by atoms with Crippen molar-refractivity contribution in [3.63, 3.8) is 0 Å². The first-order valence-corrected chi connectivity index (χ1v) is 7.15. The van der Waals surface area contributed by atoms with Gasteiger partial charge < -0.3 is 10.6 Å². The van der Waals surface area contributed by atoms with Gasteiger partial charge in [-0.25, -0.2) is 0 Å². The molecule has 2 fully saturated rings. The zero-order valence-electron chi connectivity index (χ0n) is 11.2. The maximum Gasteiger partial charge on any atom is 0.226 e. The van der Waals surface area contributed by atoms with Crippen molar-refractivity contribution in [3.05, 3.63) is 0 Å². The summed E-state index contributed by atoms with van der Waals surface area (Å²) in [5.74, 6) is 1.79. The molecule has 0 radical (unpaired) electrons. The van der Waals surface area contributed by atoms with Gasteiger partial charge in [0.05, 0.1) is 0 Å². The first-order chi connectivity index (χ1) is 8.15. The summed E-state index contributed by atoms with van der Waals surface area (Å²) in [4.78, 5) is 14.7. The number of piperidine rings is 1. The zero-order chi connectivity index (χ0) is 12.4. The maximum atomic E-state index is 12.6. The Kier molecular flexibility index (Phi) is 4.08. The van der Waals surface area contributed by atoms with Crippen LogP contribution in [-0.4, -0.2) is 29.9 Å². The van der Waals surface area contributed by atoms with Crippen LogP contribution >= 0.6 is 0 Å². The summed E-state index contributed by atoms with van der Waals surface area (Å²) in [6, 6.07) is 0.282. The quantitative estimate of drug-likeness (QED) is 0.800. The highest BCUT2D eigenvalue weighted by Gasteiger charge is 2.37. The zero-order valence-corrected chi connectivity index (χ0v) is 11.2. The van der Waals surface area contributed by atoms with Gasteiger partial charge in [0.25, 0.3) is 0 Å². The van der Waals surface area contributed by atoms with E-state index in [1.54, 1.807) is 0 Å². The van der Waals surface area contributed by atoms with Crippen LogP contribution in [0.4, 0.5) is 0 Å². The largest absolute Gasteiger partial charge is 0.338 e. The van der Waals surface area contributed by atoms with E-state index in [0.29, 0.717) is 24.3 Å². The number of nitrogens with two attached hydrogens (primary N) is 1. The Morgan fingerprint density at radius 3 is 2.47 bits per heavy atom. The normalized spacial score (nSPS) is 38.4. The summed E-state index contributed by atoms with van der Waals surface area (Å²) in [6.45, 7) is 6.00. The molecule has 1 heterocycles. The number of carbonyl (C=O) groups is 1. The minimum atomic E-state index is 0.273. The van der Waals surface area contributed by atoms with E-state index in [9.17, 15) is 4.79 Å². The van der Waals surface area contributed by atoms with Gasteiger partial charge in [0, 0.05) is 25.0 Å². The number of hydrogen-bond acceptors (Lipinski definition) is 2. The van der Waals surface area contributed by atoms with Gasteiger partial charge in [0.2, 0.25) is 5.91 Å². The molecule has 4 atom stereocenters. The van der Waals surface area contributed by atoms with E-state index in [4.69, 9.17) is 5.73 Å². The van der Waals surface area contributed by atoms with Crippen LogP contribution in [0.1, 0.15) is 46.0 Å². The Bertz CT molecular complexity index is 279. The fraction of sp³-hybridized carbons (Fsp3) is 0.929. The van der Waals surface area contributed by atoms with Gasteiger partial charge in [-0.3, -0.25) is 4.79 Å². The topological polar surface area (TPSA) is 46.3 Å². The second kappa shape index (κ2) is 5.38. The molecule has 0 spiro atoms. The van der Waals surface area contributed by atoms with E-state index in [2.05, 4.69) is 18.7 Å². The van der Waals surface area contributed by atoms with E-state index in [1.807, 2.05) is 0 Å². The molecule has 1 aliphatic heterocycles. The summed E-state index contributed by atoms with van der Waals surface area (Å²) in [7, 11) is 0. The first-order valence-electron chi connectivity index (χ1n) is 7.15. The van der Waals surface area contributed by atoms with Gasteiger partial charge >= 0.3 is 0 Å². The predicted molar refractivity (Wildman–Crippen MR) is 69.5 cm³/mol.